The SMILES string of the molecule is Cc1cccc(CN(C)c2cc(N)c(C)cn2)n1. The highest BCUT2D eigenvalue weighted by atomic mass is 15.2. The summed E-state index contributed by atoms with van der Waals surface area (Å²) in [6.45, 7) is 4.66. The van der Waals surface area contributed by atoms with E-state index in [1.165, 1.54) is 0 Å². The Labute approximate surface area is 107 Å². The second kappa shape index (κ2) is 5.04. The average Bonchev–Trinajstić information content (AvgIpc) is 2.32. The molecule has 2 aromatic rings. The maximum Gasteiger partial charge on any atom is 0.130 e. The molecule has 0 saturated heterocycles. The lowest BCUT2D eigenvalue weighted by atomic mass is 10.2. The Morgan fingerprint density at radius 3 is 2.72 bits per heavy atom. The molecule has 0 amide bonds. The number of nitrogen functional groups attached to an aromatic ring is 1. The Balaban J connectivity index is 2.16. The minimum Gasteiger partial charge on any atom is -0.398 e. The van der Waals surface area contributed by atoms with E-state index in [1.807, 2.05) is 50.1 Å². The van der Waals surface area contributed by atoms with Crippen LogP contribution in [0.15, 0.2) is 30.5 Å². The van der Waals surface area contributed by atoms with Gasteiger partial charge in [0.2, 0.25) is 0 Å². The van der Waals surface area contributed by atoms with E-state index in [0.29, 0.717) is 0 Å². The van der Waals surface area contributed by atoms with Crippen molar-refractivity contribution in [1.29, 1.82) is 0 Å². The van der Waals surface area contributed by atoms with E-state index < -0.39 is 0 Å². The molecule has 2 aromatic heterocycles. The van der Waals surface area contributed by atoms with E-state index >= 15 is 0 Å². The van der Waals surface area contributed by atoms with E-state index in [-0.39, 0.29) is 0 Å². The monoisotopic (exact) mass is 242 g/mol. The van der Waals surface area contributed by atoms with E-state index in [4.69, 9.17) is 5.73 Å². The standard InChI is InChI=1S/C14H18N4/c1-10-8-16-14(7-13(10)15)18(3)9-12-6-4-5-11(2)17-12/h4-8H,9H2,1-3H3,(H2,15,16). The Hall–Kier alpha value is -2.10. The zero-order chi connectivity index (χ0) is 13.1. The van der Waals surface area contributed by atoms with Crippen LogP contribution in [-0.2, 0) is 6.54 Å². The summed E-state index contributed by atoms with van der Waals surface area (Å²) in [7, 11) is 1.99. The molecule has 0 aromatic carbocycles. The lowest BCUT2D eigenvalue weighted by molar-refractivity contribution is 0.859. The minimum absolute atomic E-state index is 0.719. The van der Waals surface area contributed by atoms with Crippen LogP contribution in [0.25, 0.3) is 0 Å². The van der Waals surface area contributed by atoms with Crippen LogP contribution in [0.2, 0.25) is 0 Å². The summed E-state index contributed by atoms with van der Waals surface area (Å²) >= 11 is 0. The number of hydrogen-bond acceptors (Lipinski definition) is 4. The van der Waals surface area contributed by atoms with Crippen LogP contribution in [-0.4, -0.2) is 17.0 Å². The summed E-state index contributed by atoms with van der Waals surface area (Å²) in [6.07, 6.45) is 1.80. The molecule has 0 fully saturated rings. The summed E-state index contributed by atoms with van der Waals surface area (Å²) in [6, 6.07) is 7.92. The molecule has 2 heterocycles. The molecule has 0 aliphatic heterocycles. The van der Waals surface area contributed by atoms with Gasteiger partial charge in [-0.15, -0.1) is 0 Å². The molecule has 0 saturated carbocycles. The predicted molar refractivity (Wildman–Crippen MR) is 74.5 cm³/mol. The normalized spacial score (nSPS) is 10.4. The first kappa shape index (κ1) is 12.4. The highest BCUT2D eigenvalue weighted by Crippen LogP contribution is 2.17. The fourth-order valence-corrected chi connectivity index (χ4v) is 1.75. The molecular formula is C14H18N4. The van der Waals surface area contributed by atoms with Gasteiger partial charge < -0.3 is 10.6 Å². The van der Waals surface area contributed by atoms with Crippen LogP contribution in [0.5, 0.6) is 0 Å². The third-order valence-electron chi connectivity index (χ3n) is 2.87. The molecule has 0 spiro atoms. The average molecular weight is 242 g/mol. The summed E-state index contributed by atoms with van der Waals surface area (Å²) < 4.78 is 0. The number of anilines is 2. The fourth-order valence-electron chi connectivity index (χ4n) is 1.75. The zero-order valence-corrected chi connectivity index (χ0v) is 11.0. The quantitative estimate of drug-likeness (QED) is 0.897. The second-order valence-electron chi connectivity index (χ2n) is 4.53. The van der Waals surface area contributed by atoms with Crippen LogP contribution in [0.1, 0.15) is 17.0 Å². The van der Waals surface area contributed by atoms with E-state index in [1.54, 1.807) is 6.20 Å². The first-order valence-electron chi connectivity index (χ1n) is 5.92. The molecule has 0 unspecified atom stereocenters. The molecule has 94 valence electrons. The van der Waals surface area contributed by atoms with Crippen molar-refractivity contribution in [3.05, 3.63) is 47.4 Å². The summed E-state index contributed by atoms with van der Waals surface area (Å²) in [5.74, 6) is 0.862. The Morgan fingerprint density at radius 1 is 1.28 bits per heavy atom. The molecular weight excluding hydrogens is 224 g/mol. The zero-order valence-electron chi connectivity index (χ0n) is 11.0. The number of aryl methyl sites for hydroxylation is 2. The van der Waals surface area contributed by atoms with Crippen molar-refractivity contribution >= 4 is 11.5 Å². The van der Waals surface area contributed by atoms with Gasteiger partial charge in [0, 0.05) is 30.7 Å². The van der Waals surface area contributed by atoms with Gasteiger partial charge in [-0.05, 0) is 31.5 Å². The van der Waals surface area contributed by atoms with Crippen molar-refractivity contribution in [1.82, 2.24) is 9.97 Å². The highest BCUT2D eigenvalue weighted by molar-refractivity contribution is 5.54. The Morgan fingerprint density at radius 2 is 2.06 bits per heavy atom. The molecule has 0 aliphatic rings. The molecule has 0 radical (unpaired) electrons. The third kappa shape index (κ3) is 2.77. The lowest BCUT2D eigenvalue weighted by Crippen LogP contribution is -2.18. The van der Waals surface area contributed by atoms with E-state index in [0.717, 1.165) is 35.0 Å². The van der Waals surface area contributed by atoms with Gasteiger partial charge in [-0.25, -0.2) is 4.98 Å². The maximum absolute atomic E-state index is 5.89. The fraction of sp³-hybridized carbons (Fsp3) is 0.286. The number of hydrogen-bond donors (Lipinski definition) is 1. The van der Waals surface area contributed by atoms with Gasteiger partial charge in [-0.3, -0.25) is 4.98 Å². The van der Waals surface area contributed by atoms with Gasteiger partial charge in [-0.2, -0.15) is 0 Å². The molecule has 0 bridgehead atoms. The maximum atomic E-state index is 5.89. The largest absolute Gasteiger partial charge is 0.398 e. The number of pyridine rings is 2. The van der Waals surface area contributed by atoms with Crippen LogP contribution in [0, 0.1) is 13.8 Å². The van der Waals surface area contributed by atoms with E-state index in [2.05, 4.69) is 9.97 Å². The molecule has 0 atom stereocenters. The van der Waals surface area contributed by atoms with Gasteiger partial charge in [0.15, 0.2) is 0 Å². The van der Waals surface area contributed by atoms with Crippen molar-refractivity contribution in [2.75, 3.05) is 17.7 Å². The van der Waals surface area contributed by atoms with Crippen LogP contribution in [0.4, 0.5) is 11.5 Å². The van der Waals surface area contributed by atoms with Crippen molar-refractivity contribution in [3.8, 4) is 0 Å². The first-order valence-corrected chi connectivity index (χ1v) is 5.92. The summed E-state index contributed by atoms with van der Waals surface area (Å²) in [5.41, 5.74) is 9.71. The van der Waals surface area contributed by atoms with Crippen LogP contribution < -0.4 is 10.6 Å². The molecule has 4 nitrogen and oxygen atoms in total. The van der Waals surface area contributed by atoms with Gasteiger partial charge in [-0.1, -0.05) is 6.07 Å². The molecule has 18 heavy (non-hydrogen) atoms. The molecule has 2 N–H and O–H groups in total. The van der Waals surface area contributed by atoms with Crippen molar-refractivity contribution < 1.29 is 0 Å². The van der Waals surface area contributed by atoms with Crippen LogP contribution >= 0.6 is 0 Å². The van der Waals surface area contributed by atoms with Crippen molar-refractivity contribution in [2.45, 2.75) is 20.4 Å². The number of aromatic nitrogens is 2. The number of rotatable bonds is 3. The smallest absolute Gasteiger partial charge is 0.130 e. The lowest BCUT2D eigenvalue weighted by Gasteiger charge is -2.18. The third-order valence-corrected chi connectivity index (χ3v) is 2.87. The van der Waals surface area contributed by atoms with Gasteiger partial charge in [0.1, 0.15) is 5.82 Å². The first-order chi connectivity index (χ1) is 8.56. The topological polar surface area (TPSA) is 55.0 Å². The highest BCUT2D eigenvalue weighted by Gasteiger charge is 2.06. The van der Waals surface area contributed by atoms with Gasteiger partial charge >= 0.3 is 0 Å². The number of nitrogens with two attached hydrogens (primary N) is 1. The Kier molecular flexibility index (Phi) is 3.46. The van der Waals surface area contributed by atoms with Crippen molar-refractivity contribution in [3.63, 3.8) is 0 Å². The van der Waals surface area contributed by atoms with Gasteiger partial charge in [0.25, 0.3) is 0 Å². The number of nitrogens with zero attached hydrogens (tertiary/aromatic N) is 3. The molecule has 4 heteroatoms. The second-order valence-corrected chi connectivity index (χ2v) is 4.53. The van der Waals surface area contributed by atoms with Crippen molar-refractivity contribution in [2.24, 2.45) is 0 Å². The molecule has 0 aliphatic carbocycles. The molecule has 2 rings (SSSR count). The van der Waals surface area contributed by atoms with Crippen LogP contribution in [0.3, 0.4) is 0 Å². The Bertz CT molecular complexity index is 551. The summed E-state index contributed by atoms with van der Waals surface area (Å²) in [5, 5.41) is 0. The minimum atomic E-state index is 0.719. The summed E-state index contributed by atoms with van der Waals surface area (Å²) in [4.78, 5) is 10.9. The predicted octanol–water partition coefficient (Wildman–Crippen LogP) is 2.31. The van der Waals surface area contributed by atoms with Gasteiger partial charge in [0.05, 0.1) is 12.2 Å². The van der Waals surface area contributed by atoms with E-state index in [9.17, 15) is 0 Å².